The Hall–Kier alpha value is -3.85. The van der Waals surface area contributed by atoms with Crippen molar-refractivity contribution in [3.8, 4) is 11.5 Å². The van der Waals surface area contributed by atoms with Crippen LogP contribution in [0.15, 0.2) is 87.8 Å². The second kappa shape index (κ2) is 13.0. The van der Waals surface area contributed by atoms with Gasteiger partial charge in [0.25, 0.3) is 5.56 Å². The molecule has 7 nitrogen and oxygen atoms in total. The van der Waals surface area contributed by atoms with E-state index in [2.05, 4.69) is 4.99 Å². The lowest BCUT2D eigenvalue weighted by molar-refractivity contribution is -0.139. The highest BCUT2D eigenvalue weighted by atomic mass is 35.5. The summed E-state index contributed by atoms with van der Waals surface area (Å²) in [6.07, 6.45) is 1.78. The quantitative estimate of drug-likeness (QED) is 0.211. The van der Waals surface area contributed by atoms with Gasteiger partial charge in [-0.25, -0.2) is 9.79 Å². The van der Waals surface area contributed by atoms with Crippen LogP contribution in [0.25, 0.3) is 6.08 Å². The molecule has 2 heterocycles. The van der Waals surface area contributed by atoms with Crippen molar-refractivity contribution in [1.82, 2.24) is 4.57 Å². The van der Waals surface area contributed by atoms with Crippen molar-refractivity contribution in [2.45, 2.75) is 33.4 Å². The fraction of sp³-hybridized carbons (Fsp3) is 0.219. The zero-order chi connectivity index (χ0) is 29.8. The first-order chi connectivity index (χ1) is 20.3. The number of carbonyl (C=O) groups excluding carboxylic acids is 1. The number of benzene rings is 3. The van der Waals surface area contributed by atoms with Gasteiger partial charge in [0.15, 0.2) is 16.3 Å². The van der Waals surface area contributed by atoms with E-state index < -0.39 is 12.0 Å². The highest BCUT2D eigenvalue weighted by Crippen LogP contribution is 2.34. The van der Waals surface area contributed by atoms with Crippen LogP contribution in [0, 0.1) is 0 Å². The molecule has 0 unspecified atom stereocenters. The van der Waals surface area contributed by atoms with Gasteiger partial charge in [-0.3, -0.25) is 9.36 Å². The van der Waals surface area contributed by atoms with E-state index in [-0.39, 0.29) is 17.7 Å². The Balaban J connectivity index is 1.56. The summed E-state index contributed by atoms with van der Waals surface area (Å²) >= 11 is 13.9. The van der Waals surface area contributed by atoms with Crippen LogP contribution < -0.4 is 24.4 Å². The van der Waals surface area contributed by atoms with Gasteiger partial charge in [0, 0.05) is 10.0 Å². The summed E-state index contributed by atoms with van der Waals surface area (Å²) in [5, 5.41) is 1.07. The van der Waals surface area contributed by atoms with E-state index >= 15 is 0 Å². The smallest absolute Gasteiger partial charge is 0.338 e. The molecule has 1 atom stereocenters. The molecule has 0 saturated heterocycles. The summed E-state index contributed by atoms with van der Waals surface area (Å²) in [5.74, 6) is 0.590. The van der Waals surface area contributed by atoms with Gasteiger partial charge in [-0.1, -0.05) is 70.9 Å². The lowest BCUT2D eigenvalue weighted by atomic mass is 9.96. The van der Waals surface area contributed by atoms with Crippen LogP contribution in [-0.2, 0) is 16.1 Å². The molecule has 0 radical (unpaired) electrons. The maximum atomic E-state index is 13.9. The number of rotatable bonds is 9. The molecular weight excluding hydrogens is 595 g/mol. The number of carbonyl (C=O) groups is 1. The zero-order valence-corrected chi connectivity index (χ0v) is 25.6. The molecule has 5 rings (SSSR count). The Kier molecular flexibility index (Phi) is 9.16. The minimum absolute atomic E-state index is 0.191. The van der Waals surface area contributed by atoms with Crippen molar-refractivity contribution >= 4 is 46.6 Å². The Morgan fingerprint density at radius 3 is 2.55 bits per heavy atom. The molecule has 10 heteroatoms. The number of esters is 1. The van der Waals surface area contributed by atoms with E-state index in [0.717, 1.165) is 11.1 Å². The van der Waals surface area contributed by atoms with Crippen LogP contribution in [-0.4, -0.2) is 23.8 Å². The second-order valence-electron chi connectivity index (χ2n) is 9.38. The lowest BCUT2D eigenvalue weighted by Crippen LogP contribution is -2.40. The van der Waals surface area contributed by atoms with E-state index in [9.17, 15) is 9.59 Å². The highest BCUT2D eigenvalue weighted by Gasteiger charge is 2.34. The minimum Gasteiger partial charge on any atom is -0.490 e. The van der Waals surface area contributed by atoms with E-state index in [0.29, 0.717) is 55.4 Å². The Morgan fingerprint density at radius 2 is 1.81 bits per heavy atom. The van der Waals surface area contributed by atoms with E-state index in [1.807, 2.05) is 55.5 Å². The van der Waals surface area contributed by atoms with Gasteiger partial charge >= 0.3 is 5.97 Å². The van der Waals surface area contributed by atoms with Gasteiger partial charge in [-0.15, -0.1) is 0 Å². The first kappa shape index (κ1) is 29.6. The predicted molar refractivity (Wildman–Crippen MR) is 165 cm³/mol. The molecule has 0 fully saturated rings. The summed E-state index contributed by atoms with van der Waals surface area (Å²) < 4.78 is 19.2. The van der Waals surface area contributed by atoms with Gasteiger partial charge in [0.2, 0.25) is 0 Å². The molecule has 0 aliphatic carbocycles. The first-order valence-electron chi connectivity index (χ1n) is 13.4. The summed E-state index contributed by atoms with van der Waals surface area (Å²) in [7, 11) is 0. The molecule has 1 aliphatic rings. The number of hydrogen-bond acceptors (Lipinski definition) is 7. The molecule has 0 amide bonds. The van der Waals surface area contributed by atoms with Crippen molar-refractivity contribution < 1.29 is 19.0 Å². The van der Waals surface area contributed by atoms with Gasteiger partial charge < -0.3 is 14.2 Å². The largest absolute Gasteiger partial charge is 0.490 e. The average molecular weight is 624 g/mol. The van der Waals surface area contributed by atoms with Crippen LogP contribution in [0.5, 0.6) is 11.5 Å². The Labute approximate surface area is 256 Å². The highest BCUT2D eigenvalue weighted by molar-refractivity contribution is 7.07. The Morgan fingerprint density at radius 1 is 1.00 bits per heavy atom. The van der Waals surface area contributed by atoms with Crippen LogP contribution in [0.4, 0.5) is 0 Å². The first-order valence-corrected chi connectivity index (χ1v) is 15.0. The number of hydrogen-bond donors (Lipinski definition) is 0. The monoisotopic (exact) mass is 622 g/mol. The number of fused-ring (bicyclic) bond motifs is 1. The normalized spacial score (nSPS) is 14.8. The molecule has 3 aromatic carbocycles. The molecular formula is C32H28Cl2N2O5S. The average Bonchev–Trinajstić information content (AvgIpc) is 3.26. The van der Waals surface area contributed by atoms with Crippen LogP contribution in [0.1, 0.15) is 43.5 Å². The van der Waals surface area contributed by atoms with Crippen LogP contribution in [0.3, 0.4) is 0 Å². The van der Waals surface area contributed by atoms with Crippen molar-refractivity contribution in [2.24, 2.45) is 4.99 Å². The van der Waals surface area contributed by atoms with Crippen LogP contribution >= 0.6 is 34.5 Å². The van der Waals surface area contributed by atoms with Crippen molar-refractivity contribution in [1.29, 1.82) is 0 Å². The van der Waals surface area contributed by atoms with E-state index in [1.165, 1.54) is 15.9 Å². The van der Waals surface area contributed by atoms with Gasteiger partial charge in [-0.05, 0) is 73.9 Å². The van der Waals surface area contributed by atoms with Gasteiger partial charge in [-0.2, -0.15) is 0 Å². The summed E-state index contributed by atoms with van der Waals surface area (Å²) in [5.41, 5.74) is 2.76. The van der Waals surface area contributed by atoms with Gasteiger partial charge in [0.1, 0.15) is 12.6 Å². The third kappa shape index (κ3) is 6.16. The molecule has 0 saturated carbocycles. The number of thiazole rings is 1. The minimum atomic E-state index is -0.780. The molecule has 216 valence electrons. The maximum Gasteiger partial charge on any atom is 0.338 e. The van der Waals surface area contributed by atoms with Gasteiger partial charge in [0.05, 0.1) is 29.0 Å². The second-order valence-corrected chi connectivity index (χ2v) is 11.2. The molecule has 0 bridgehead atoms. The standard InChI is InChI=1S/C32H28Cl2N2O5S/c1-4-39-26-16-20(13-14-25(26)41-18-21-9-8-10-22(33)15-21)17-27-30(37)36-29(23-11-6-7-12-24(23)34)28(31(38)40-5-2)19(3)35-32(36)42-27/h6-17,29H,4-5,18H2,1-3H3/b27-17-/t29-/m0/s1. The van der Waals surface area contributed by atoms with Crippen molar-refractivity contribution in [2.75, 3.05) is 13.2 Å². The summed E-state index contributed by atoms with van der Waals surface area (Å²) in [6, 6.07) is 19.3. The van der Waals surface area contributed by atoms with E-state index in [1.54, 1.807) is 38.1 Å². The van der Waals surface area contributed by atoms with Crippen LogP contribution in [0.2, 0.25) is 10.0 Å². The van der Waals surface area contributed by atoms with E-state index in [4.69, 9.17) is 37.4 Å². The fourth-order valence-corrected chi connectivity index (χ4v) is 6.22. The summed E-state index contributed by atoms with van der Waals surface area (Å²) in [4.78, 5) is 32.1. The molecule has 1 aliphatic heterocycles. The molecule has 1 aromatic heterocycles. The third-order valence-corrected chi connectivity index (χ3v) is 8.13. The van der Waals surface area contributed by atoms with Crippen molar-refractivity contribution in [3.63, 3.8) is 0 Å². The van der Waals surface area contributed by atoms with Crippen molar-refractivity contribution in [3.05, 3.63) is 124 Å². The summed E-state index contributed by atoms with van der Waals surface area (Å²) in [6.45, 7) is 6.32. The SMILES string of the molecule is CCOC(=O)C1=C(C)N=c2s/c(=C\c3ccc(OCc4cccc(Cl)c4)c(OCC)c3)c(=O)n2[C@H]1c1ccccc1Cl. The topological polar surface area (TPSA) is 79.1 Å². The molecule has 0 spiro atoms. The zero-order valence-electron chi connectivity index (χ0n) is 23.2. The maximum absolute atomic E-state index is 13.9. The number of allylic oxidation sites excluding steroid dienone is 1. The number of nitrogens with zero attached hydrogens (tertiary/aromatic N) is 2. The number of ether oxygens (including phenoxy) is 3. The molecule has 42 heavy (non-hydrogen) atoms. The Bertz CT molecular complexity index is 1860. The number of halogens is 2. The third-order valence-electron chi connectivity index (χ3n) is 6.57. The molecule has 4 aromatic rings. The number of aromatic nitrogens is 1. The lowest BCUT2D eigenvalue weighted by Gasteiger charge is -2.25. The fourth-order valence-electron chi connectivity index (χ4n) is 4.72. The molecule has 0 N–H and O–H groups in total. The predicted octanol–water partition coefficient (Wildman–Crippen LogP) is 6.08.